The van der Waals surface area contributed by atoms with Crippen LogP contribution in [0.5, 0.6) is 0 Å². The van der Waals surface area contributed by atoms with Crippen LogP contribution in [0.1, 0.15) is 43.4 Å². The van der Waals surface area contributed by atoms with E-state index in [4.69, 9.17) is 17.0 Å². The van der Waals surface area contributed by atoms with E-state index in [1.54, 1.807) is 4.90 Å². The minimum atomic E-state index is -0.531. The number of Topliss-reactive ketones (excluding diaryl/α,β-unsaturated/α-hetero) is 1. The summed E-state index contributed by atoms with van der Waals surface area (Å²) in [7, 11) is 0. The summed E-state index contributed by atoms with van der Waals surface area (Å²) in [6.45, 7) is 2.82. The lowest BCUT2D eigenvalue weighted by Gasteiger charge is -2.39. The van der Waals surface area contributed by atoms with Gasteiger partial charge in [0.15, 0.2) is 5.78 Å². The fraction of sp³-hybridized carbons (Fsp3) is 0.450. The fourth-order valence-electron chi connectivity index (χ4n) is 3.67. The highest BCUT2D eigenvalue weighted by atomic mass is 32.2. The van der Waals surface area contributed by atoms with Crippen molar-refractivity contribution in [3.05, 3.63) is 46.7 Å². The van der Waals surface area contributed by atoms with Gasteiger partial charge in [-0.05, 0) is 43.1 Å². The molecule has 0 saturated heterocycles. The number of aliphatic hydroxyl groups excluding tert-OH is 1. The molecule has 1 aliphatic carbocycles. The Balaban J connectivity index is 1.92. The Morgan fingerprint density at radius 1 is 1.33 bits per heavy atom. The Bertz CT molecular complexity index is 790. The van der Waals surface area contributed by atoms with E-state index in [9.17, 15) is 14.7 Å². The molecule has 0 radical (unpaired) electrons. The van der Waals surface area contributed by atoms with Crippen LogP contribution in [0, 0.1) is 0 Å². The monoisotopic (exact) mass is 405 g/mol. The van der Waals surface area contributed by atoms with Gasteiger partial charge in [0.05, 0.1) is 24.0 Å². The number of carbonyl (C=O) groups excluding carboxylic acids is 2. The first kappa shape index (κ1) is 19.9. The number of hydrogen-bond donors (Lipinski definition) is 1. The van der Waals surface area contributed by atoms with Crippen molar-refractivity contribution in [2.75, 3.05) is 18.9 Å². The summed E-state index contributed by atoms with van der Waals surface area (Å²) >= 11 is 6.28. The molecule has 2 aliphatic rings. The molecule has 1 aromatic rings. The van der Waals surface area contributed by atoms with E-state index in [0.29, 0.717) is 42.4 Å². The van der Waals surface area contributed by atoms with Gasteiger partial charge in [0.1, 0.15) is 5.76 Å². The number of rotatable bonds is 4. The summed E-state index contributed by atoms with van der Waals surface area (Å²) in [5.74, 6) is 0.0823. The molecule has 27 heavy (non-hydrogen) atoms. The number of thioether (sulfide) groups is 1. The molecule has 0 aromatic heterocycles. The summed E-state index contributed by atoms with van der Waals surface area (Å²) in [5.41, 5.74) is 2.41. The van der Waals surface area contributed by atoms with E-state index in [-0.39, 0.29) is 23.2 Å². The molecular formula is C20H23NO4S2. The first-order valence-corrected chi connectivity index (χ1v) is 10.5. The third-order valence-corrected chi connectivity index (χ3v) is 6.10. The molecule has 0 bridgehead atoms. The topological polar surface area (TPSA) is 66.8 Å². The van der Waals surface area contributed by atoms with Gasteiger partial charge in [-0.1, -0.05) is 36.0 Å². The van der Waals surface area contributed by atoms with Gasteiger partial charge in [-0.15, -0.1) is 0 Å². The van der Waals surface area contributed by atoms with E-state index in [1.165, 1.54) is 11.8 Å². The van der Waals surface area contributed by atoms with Gasteiger partial charge >= 0.3 is 0 Å². The van der Waals surface area contributed by atoms with Gasteiger partial charge in [-0.3, -0.25) is 9.59 Å². The average Bonchev–Trinajstić information content (AvgIpc) is 2.66. The minimum Gasteiger partial charge on any atom is -0.512 e. The number of amides is 1. The molecule has 1 heterocycles. The highest BCUT2D eigenvalue weighted by Gasteiger charge is 2.38. The van der Waals surface area contributed by atoms with Crippen LogP contribution in [0.15, 0.2) is 35.6 Å². The van der Waals surface area contributed by atoms with Crippen molar-refractivity contribution in [2.45, 2.75) is 38.6 Å². The SMILES string of the molecule is CCOC(=S)SCC(=O)N1CCc2ccccc2[C@@H]1C1=C(O)CCCC1=O. The normalized spacial score (nSPS) is 19.7. The second-order valence-corrected chi connectivity index (χ2v) is 8.12. The number of carbonyl (C=O) groups is 2. The van der Waals surface area contributed by atoms with Crippen molar-refractivity contribution < 1.29 is 19.4 Å². The lowest BCUT2D eigenvalue weighted by molar-refractivity contribution is -0.131. The Morgan fingerprint density at radius 2 is 2.11 bits per heavy atom. The predicted molar refractivity (Wildman–Crippen MR) is 110 cm³/mol. The molecule has 1 aromatic carbocycles. The third kappa shape index (κ3) is 4.35. The summed E-state index contributed by atoms with van der Waals surface area (Å²) in [6, 6.07) is 7.30. The van der Waals surface area contributed by atoms with Gasteiger partial charge in [0.2, 0.25) is 10.3 Å². The van der Waals surface area contributed by atoms with E-state index in [1.807, 2.05) is 31.2 Å². The van der Waals surface area contributed by atoms with Crippen LogP contribution in [-0.4, -0.2) is 45.0 Å². The summed E-state index contributed by atoms with van der Waals surface area (Å²) in [4.78, 5) is 27.3. The van der Waals surface area contributed by atoms with E-state index in [0.717, 1.165) is 17.5 Å². The molecule has 1 N–H and O–H groups in total. The van der Waals surface area contributed by atoms with Crippen molar-refractivity contribution in [1.29, 1.82) is 0 Å². The van der Waals surface area contributed by atoms with Gasteiger partial charge in [0.25, 0.3) is 0 Å². The van der Waals surface area contributed by atoms with Crippen LogP contribution in [0.2, 0.25) is 0 Å². The number of thiocarbonyl (C=S) groups is 1. The fourth-order valence-corrected chi connectivity index (χ4v) is 4.57. The van der Waals surface area contributed by atoms with Gasteiger partial charge in [-0.2, -0.15) is 0 Å². The Kier molecular flexibility index (Phi) is 6.55. The molecule has 1 amide bonds. The molecular weight excluding hydrogens is 382 g/mol. The molecule has 1 aliphatic heterocycles. The second-order valence-electron chi connectivity index (χ2n) is 6.55. The smallest absolute Gasteiger partial charge is 0.233 e. The zero-order valence-corrected chi connectivity index (χ0v) is 16.9. The zero-order valence-electron chi connectivity index (χ0n) is 15.3. The number of benzene rings is 1. The maximum atomic E-state index is 13.0. The quantitative estimate of drug-likeness (QED) is 0.770. The summed E-state index contributed by atoms with van der Waals surface area (Å²) < 4.78 is 5.58. The molecule has 144 valence electrons. The molecule has 0 spiro atoms. The Hall–Kier alpha value is -1.86. The number of ether oxygens (including phenoxy) is 1. The molecule has 0 saturated carbocycles. The van der Waals surface area contributed by atoms with Crippen LogP contribution in [0.4, 0.5) is 0 Å². The summed E-state index contributed by atoms with van der Waals surface area (Å²) in [6.07, 6.45) is 2.25. The Labute approximate surface area is 168 Å². The van der Waals surface area contributed by atoms with Crippen molar-refractivity contribution in [3.8, 4) is 0 Å². The van der Waals surface area contributed by atoms with Crippen LogP contribution >= 0.6 is 24.0 Å². The summed E-state index contributed by atoms with van der Waals surface area (Å²) in [5, 5.41) is 10.5. The second kappa shape index (κ2) is 8.89. The number of fused-ring (bicyclic) bond motifs is 1. The van der Waals surface area contributed by atoms with E-state index < -0.39 is 6.04 Å². The maximum Gasteiger partial charge on any atom is 0.233 e. The van der Waals surface area contributed by atoms with Gasteiger partial charge in [0, 0.05) is 19.4 Å². The van der Waals surface area contributed by atoms with Crippen molar-refractivity contribution >= 4 is 40.1 Å². The third-order valence-electron chi connectivity index (χ3n) is 4.88. The van der Waals surface area contributed by atoms with Gasteiger partial charge in [-0.25, -0.2) is 0 Å². The van der Waals surface area contributed by atoms with Crippen LogP contribution in [0.25, 0.3) is 0 Å². The first-order valence-electron chi connectivity index (χ1n) is 9.15. The molecule has 0 fully saturated rings. The van der Waals surface area contributed by atoms with Crippen LogP contribution in [0.3, 0.4) is 0 Å². The highest BCUT2D eigenvalue weighted by molar-refractivity contribution is 8.23. The van der Waals surface area contributed by atoms with Crippen molar-refractivity contribution in [2.24, 2.45) is 0 Å². The first-order chi connectivity index (χ1) is 13.0. The van der Waals surface area contributed by atoms with E-state index in [2.05, 4.69) is 0 Å². The zero-order chi connectivity index (χ0) is 19.4. The Morgan fingerprint density at radius 3 is 2.85 bits per heavy atom. The molecule has 3 rings (SSSR count). The molecule has 7 heteroatoms. The van der Waals surface area contributed by atoms with Crippen LogP contribution in [-0.2, 0) is 20.7 Å². The number of allylic oxidation sites excluding steroid dienone is 1. The minimum absolute atomic E-state index is 0.0734. The lowest BCUT2D eigenvalue weighted by Crippen LogP contribution is -2.43. The number of nitrogens with zero attached hydrogens (tertiary/aromatic N) is 1. The van der Waals surface area contributed by atoms with Gasteiger partial charge < -0.3 is 14.7 Å². The van der Waals surface area contributed by atoms with Crippen LogP contribution < -0.4 is 0 Å². The predicted octanol–water partition coefficient (Wildman–Crippen LogP) is 3.73. The maximum absolute atomic E-state index is 13.0. The molecule has 1 atom stereocenters. The molecule has 0 unspecified atom stereocenters. The lowest BCUT2D eigenvalue weighted by atomic mass is 9.82. The highest BCUT2D eigenvalue weighted by Crippen LogP contribution is 2.39. The number of hydrogen-bond acceptors (Lipinski definition) is 6. The van der Waals surface area contributed by atoms with Crippen molar-refractivity contribution in [1.82, 2.24) is 4.90 Å². The van der Waals surface area contributed by atoms with Crippen molar-refractivity contribution in [3.63, 3.8) is 0 Å². The standard InChI is InChI=1S/C20H23NO4S2/c1-2-25-20(26)27-12-17(24)21-11-10-13-6-3-4-7-14(13)19(21)18-15(22)8-5-9-16(18)23/h3-4,6-7,19,22H,2,5,8-12H2,1H3/t19-/m1/s1. The molecule has 5 nitrogen and oxygen atoms in total. The largest absolute Gasteiger partial charge is 0.512 e. The number of ketones is 1. The average molecular weight is 406 g/mol. The van der Waals surface area contributed by atoms with E-state index >= 15 is 0 Å². The number of aliphatic hydroxyl groups is 1.